The molecule has 3 nitrogen and oxygen atoms in total. The van der Waals surface area contributed by atoms with Gasteiger partial charge in [0.1, 0.15) is 0 Å². The van der Waals surface area contributed by atoms with Crippen molar-refractivity contribution in [2.24, 2.45) is 7.05 Å². The zero-order chi connectivity index (χ0) is 10.8. The number of alkyl halides is 1. The molecule has 2 rings (SSSR count). The average molecular weight is 228 g/mol. The largest absolute Gasteiger partial charge is 0.299 e. The summed E-state index contributed by atoms with van der Waals surface area (Å²) < 4.78 is 2.03. The molecule has 0 amide bonds. The Bertz CT molecular complexity index is 346. The number of aromatic nitrogens is 2. The third kappa shape index (κ3) is 2.18. The lowest BCUT2D eigenvalue weighted by molar-refractivity contribution is 0.252. The van der Waals surface area contributed by atoms with Gasteiger partial charge in [-0.3, -0.25) is 9.58 Å². The highest BCUT2D eigenvalue weighted by molar-refractivity contribution is 6.17. The summed E-state index contributed by atoms with van der Waals surface area (Å²) >= 11 is 5.71. The highest BCUT2D eigenvalue weighted by Gasteiger charge is 2.21. The molecular weight excluding hydrogens is 210 g/mol. The van der Waals surface area contributed by atoms with Gasteiger partial charge in [-0.25, -0.2) is 0 Å². The number of halogens is 1. The second-order valence-corrected chi connectivity index (χ2v) is 4.58. The van der Waals surface area contributed by atoms with Gasteiger partial charge in [0.25, 0.3) is 0 Å². The van der Waals surface area contributed by atoms with Crippen molar-refractivity contribution in [3.8, 4) is 0 Å². The van der Waals surface area contributed by atoms with Crippen molar-refractivity contribution >= 4 is 11.6 Å². The SMILES string of the molecule is Cc1nn(C)c2c1CN(CCCCl)CC2. The number of hydrogen-bond donors (Lipinski definition) is 0. The van der Waals surface area contributed by atoms with Crippen molar-refractivity contribution in [2.45, 2.75) is 26.3 Å². The van der Waals surface area contributed by atoms with Gasteiger partial charge in [-0.05, 0) is 19.9 Å². The van der Waals surface area contributed by atoms with Crippen molar-refractivity contribution in [1.82, 2.24) is 14.7 Å². The maximum absolute atomic E-state index is 5.71. The third-order valence-corrected chi connectivity index (χ3v) is 3.40. The Morgan fingerprint density at radius 1 is 1.47 bits per heavy atom. The zero-order valence-corrected chi connectivity index (χ0v) is 10.2. The molecule has 0 aliphatic carbocycles. The molecule has 0 unspecified atom stereocenters. The summed E-state index contributed by atoms with van der Waals surface area (Å²) in [5.74, 6) is 0.759. The molecule has 1 aromatic rings. The van der Waals surface area contributed by atoms with Crippen molar-refractivity contribution in [3.63, 3.8) is 0 Å². The van der Waals surface area contributed by atoms with E-state index < -0.39 is 0 Å². The van der Waals surface area contributed by atoms with Gasteiger partial charge in [0.2, 0.25) is 0 Å². The van der Waals surface area contributed by atoms with Crippen LogP contribution in [0.5, 0.6) is 0 Å². The van der Waals surface area contributed by atoms with Gasteiger partial charge in [-0.2, -0.15) is 5.10 Å². The van der Waals surface area contributed by atoms with Gasteiger partial charge in [0, 0.05) is 43.7 Å². The second kappa shape index (κ2) is 4.54. The Morgan fingerprint density at radius 3 is 3.00 bits per heavy atom. The second-order valence-electron chi connectivity index (χ2n) is 4.20. The molecule has 15 heavy (non-hydrogen) atoms. The van der Waals surface area contributed by atoms with E-state index in [9.17, 15) is 0 Å². The summed E-state index contributed by atoms with van der Waals surface area (Å²) in [5.41, 5.74) is 4.02. The third-order valence-electron chi connectivity index (χ3n) is 3.13. The smallest absolute Gasteiger partial charge is 0.0641 e. The summed E-state index contributed by atoms with van der Waals surface area (Å²) in [6.07, 6.45) is 2.20. The first-order valence-corrected chi connectivity index (χ1v) is 6.05. The predicted molar refractivity (Wildman–Crippen MR) is 62.3 cm³/mol. The summed E-state index contributed by atoms with van der Waals surface area (Å²) in [6.45, 7) is 5.40. The lowest BCUT2D eigenvalue weighted by Crippen LogP contribution is -2.32. The molecule has 4 heteroatoms. The minimum atomic E-state index is 0.759. The number of rotatable bonds is 3. The summed E-state index contributed by atoms with van der Waals surface area (Å²) in [6, 6.07) is 0. The quantitative estimate of drug-likeness (QED) is 0.734. The van der Waals surface area contributed by atoms with E-state index in [4.69, 9.17) is 11.6 Å². The van der Waals surface area contributed by atoms with Gasteiger partial charge in [-0.1, -0.05) is 0 Å². The van der Waals surface area contributed by atoms with Crippen LogP contribution in [0.2, 0.25) is 0 Å². The number of hydrogen-bond acceptors (Lipinski definition) is 2. The maximum atomic E-state index is 5.71. The number of aryl methyl sites for hydroxylation is 2. The summed E-state index contributed by atoms with van der Waals surface area (Å²) in [5, 5.41) is 4.47. The topological polar surface area (TPSA) is 21.1 Å². The summed E-state index contributed by atoms with van der Waals surface area (Å²) in [7, 11) is 2.04. The van der Waals surface area contributed by atoms with E-state index in [2.05, 4.69) is 16.9 Å². The van der Waals surface area contributed by atoms with Crippen LogP contribution in [0.25, 0.3) is 0 Å². The first-order chi connectivity index (χ1) is 7.22. The zero-order valence-electron chi connectivity index (χ0n) is 9.46. The van der Waals surface area contributed by atoms with Crippen LogP contribution < -0.4 is 0 Å². The molecule has 84 valence electrons. The van der Waals surface area contributed by atoms with E-state index in [-0.39, 0.29) is 0 Å². The molecule has 1 aromatic heterocycles. The van der Waals surface area contributed by atoms with Crippen molar-refractivity contribution < 1.29 is 0 Å². The Morgan fingerprint density at radius 2 is 2.27 bits per heavy atom. The van der Waals surface area contributed by atoms with Crippen LogP contribution >= 0.6 is 11.6 Å². The van der Waals surface area contributed by atoms with Crippen LogP contribution in [-0.4, -0.2) is 33.6 Å². The Balaban J connectivity index is 2.09. The van der Waals surface area contributed by atoms with Crippen LogP contribution in [0.1, 0.15) is 23.4 Å². The molecule has 0 spiro atoms. The lowest BCUT2D eigenvalue weighted by Gasteiger charge is -2.27. The number of nitrogens with zero attached hydrogens (tertiary/aromatic N) is 3. The average Bonchev–Trinajstić information content (AvgIpc) is 2.52. The van der Waals surface area contributed by atoms with E-state index in [1.54, 1.807) is 0 Å². The molecule has 0 atom stereocenters. The fourth-order valence-electron chi connectivity index (χ4n) is 2.31. The van der Waals surface area contributed by atoms with Crippen LogP contribution in [0.4, 0.5) is 0 Å². The number of fused-ring (bicyclic) bond motifs is 1. The van der Waals surface area contributed by atoms with E-state index in [0.717, 1.165) is 38.4 Å². The molecule has 0 fully saturated rings. The van der Waals surface area contributed by atoms with Crippen molar-refractivity contribution in [2.75, 3.05) is 19.0 Å². The van der Waals surface area contributed by atoms with E-state index >= 15 is 0 Å². The molecular formula is C11H18ClN3. The van der Waals surface area contributed by atoms with Gasteiger partial charge in [-0.15, -0.1) is 11.6 Å². The summed E-state index contributed by atoms with van der Waals surface area (Å²) in [4.78, 5) is 2.47. The van der Waals surface area contributed by atoms with Gasteiger partial charge < -0.3 is 0 Å². The van der Waals surface area contributed by atoms with Gasteiger partial charge >= 0.3 is 0 Å². The first-order valence-electron chi connectivity index (χ1n) is 5.52. The van der Waals surface area contributed by atoms with E-state index in [1.807, 2.05) is 11.7 Å². The van der Waals surface area contributed by atoms with Crippen molar-refractivity contribution in [3.05, 3.63) is 17.0 Å². The highest BCUT2D eigenvalue weighted by Crippen LogP contribution is 2.21. The Kier molecular flexibility index (Phi) is 3.32. The lowest BCUT2D eigenvalue weighted by atomic mass is 10.1. The van der Waals surface area contributed by atoms with Crippen LogP contribution in [0.15, 0.2) is 0 Å². The molecule has 0 N–H and O–H groups in total. The highest BCUT2D eigenvalue weighted by atomic mass is 35.5. The van der Waals surface area contributed by atoms with Crippen LogP contribution in [0, 0.1) is 6.92 Å². The minimum Gasteiger partial charge on any atom is -0.299 e. The molecule has 0 aromatic carbocycles. The van der Waals surface area contributed by atoms with Gasteiger partial charge in [0.15, 0.2) is 0 Å². The van der Waals surface area contributed by atoms with Crippen LogP contribution in [0.3, 0.4) is 0 Å². The molecule has 1 aliphatic rings. The monoisotopic (exact) mass is 227 g/mol. The fourth-order valence-corrected chi connectivity index (χ4v) is 2.43. The minimum absolute atomic E-state index is 0.759. The van der Waals surface area contributed by atoms with Gasteiger partial charge in [0.05, 0.1) is 5.69 Å². The molecule has 0 saturated carbocycles. The Labute approximate surface area is 96.0 Å². The van der Waals surface area contributed by atoms with E-state index in [1.165, 1.54) is 17.0 Å². The normalized spacial score (nSPS) is 16.7. The fraction of sp³-hybridized carbons (Fsp3) is 0.727. The molecule has 2 heterocycles. The standard InChI is InChI=1S/C11H18ClN3/c1-9-10-8-15(6-3-5-12)7-4-11(10)14(2)13-9/h3-8H2,1-2H3. The van der Waals surface area contributed by atoms with Crippen LogP contribution in [-0.2, 0) is 20.0 Å². The van der Waals surface area contributed by atoms with Crippen molar-refractivity contribution in [1.29, 1.82) is 0 Å². The molecule has 0 radical (unpaired) electrons. The maximum Gasteiger partial charge on any atom is 0.0641 e. The molecule has 0 saturated heterocycles. The predicted octanol–water partition coefficient (Wildman–Crippen LogP) is 1.72. The first kappa shape index (κ1) is 11.0. The van der Waals surface area contributed by atoms with E-state index in [0.29, 0.717) is 0 Å². The molecule has 1 aliphatic heterocycles. The Hall–Kier alpha value is -0.540. The molecule has 0 bridgehead atoms.